The maximum atomic E-state index is 5.72. The van der Waals surface area contributed by atoms with E-state index in [4.69, 9.17) is 5.73 Å². The van der Waals surface area contributed by atoms with E-state index in [-0.39, 0.29) is 5.41 Å². The van der Waals surface area contributed by atoms with E-state index >= 15 is 0 Å². The molecule has 2 rings (SSSR count). The molecule has 5 heteroatoms. The van der Waals surface area contributed by atoms with Crippen LogP contribution in [0.25, 0.3) is 0 Å². The van der Waals surface area contributed by atoms with Crippen molar-refractivity contribution in [2.75, 3.05) is 17.2 Å². The lowest BCUT2D eigenvalue weighted by Crippen LogP contribution is -2.22. The molecule has 0 amide bonds. The Morgan fingerprint density at radius 1 is 1.20 bits per heavy atom. The smallest absolute Gasteiger partial charge is 0.205 e. The van der Waals surface area contributed by atoms with Crippen LogP contribution in [0, 0.1) is 0 Å². The minimum atomic E-state index is -0.00460. The Labute approximate surface area is 124 Å². The average molecular weight is 290 g/mol. The van der Waals surface area contributed by atoms with Gasteiger partial charge < -0.3 is 10.6 Å². The lowest BCUT2D eigenvalue weighted by Gasteiger charge is -2.19. The summed E-state index contributed by atoms with van der Waals surface area (Å²) in [7, 11) is 0. The lowest BCUT2D eigenvalue weighted by atomic mass is 9.96. The summed E-state index contributed by atoms with van der Waals surface area (Å²) in [6.07, 6.45) is 0. The number of anilines is 2. The van der Waals surface area contributed by atoms with Crippen molar-refractivity contribution in [3.8, 4) is 0 Å². The number of rotatable bonds is 4. The molecule has 0 spiro atoms. The van der Waals surface area contributed by atoms with E-state index in [9.17, 15) is 0 Å². The highest BCUT2D eigenvalue weighted by Crippen LogP contribution is 2.26. The summed E-state index contributed by atoms with van der Waals surface area (Å²) in [5.74, 6) is 0.910. The first-order valence-corrected chi connectivity index (χ1v) is 7.61. The number of nitrogen functional groups attached to an aromatic ring is 1. The van der Waals surface area contributed by atoms with Gasteiger partial charge in [-0.05, 0) is 24.6 Å². The van der Waals surface area contributed by atoms with Gasteiger partial charge in [-0.25, -0.2) is 4.98 Å². The highest BCUT2D eigenvalue weighted by Gasteiger charge is 2.21. The van der Waals surface area contributed by atoms with Gasteiger partial charge in [0.1, 0.15) is 5.82 Å². The van der Waals surface area contributed by atoms with Crippen LogP contribution in [0.2, 0.25) is 0 Å². The fourth-order valence-electron chi connectivity index (χ4n) is 1.81. The van der Waals surface area contributed by atoms with Gasteiger partial charge in [-0.15, -0.1) is 0 Å². The molecular formula is C15H22N4S. The first kappa shape index (κ1) is 14.8. The van der Waals surface area contributed by atoms with Crippen LogP contribution in [0.5, 0.6) is 0 Å². The van der Waals surface area contributed by atoms with Gasteiger partial charge in [0.2, 0.25) is 5.13 Å². The van der Waals surface area contributed by atoms with Crippen LogP contribution in [0.3, 0.4) is 0 Å². The largest absolute Gasteiger partial charge is 0.399 e. The third-order valence-electron chi connectivity index (χ3n) is 3.09. The van der Waals surface area contributed by atoms with Crippen molar-refractivity contribution in [1.29, 1.82) is 0 Å². The van der Waals surface area contributed by atoms with E-state index in [1.165, 1.54) is 17.1 Å². The van der Waals surface area contributed by atoms with Crippen LogP contribution in [0.15, 0.2) is 24.3 Å². The van der Waals surface area contributed by atoms with Gasteiger partial charge in [-0.3, -0.25) is 0 Å². The van der Waals surface area contributed by atoms with Crippen molar-refractivity contribution in [2.24, 2.45) is 0 Å². The first-order chi connectivity index (χ1) is 9.40. The molecule has 0 unspecified atom stereocenters. The van der Waals surface area contributed by atoms with Crippen LogP contribution < -0.4 is 10.6 Å². The molecule has 0 saturated heterocycles. The van der Waals surface area contributed by atoms with Crippen LogP contribution >= 0.6 is 11.5 Å². The Balaban J connectivity index is 2.16. The van der Waals surface area contributed by atoms with Crippen LogP contribution in [0.4, 0.5) is 10.8 Å². The molecule has 0 saturated carbocycles. The fourth-order valence-corrected chi connectivity index (χ4v) is 2.73. The van der Waals surface area contributed by atoms with Crippen LogP contribution in [0.1, 0.15) is 39.1 Å². The van der Waals surface area contributed by atoms with E-state index in [0.717, 1.165) is 29.7 Å². The highest BCUT2D eigenvalue weighted by atomic mass is 32.1. The maximum absolute atomic E-state index is 5.72. The molecule has 0 bridgehead atoms. The van der Waals surface area contributed by atoms with Gasteiger partial charge in [0.15, 0.2) is 0 Å². The molecular weight excluding hydrogens is 268 g/mol. The summed E-state index contributed by atoms with van der Waals surface area (Å²) < 4.78 is 4.48. The summed E-state index contributed by atoms with van der Waals surface area (Å²) in [5.41, 5.74) is 7.74. The van der Waals surface area contributed by atoms with Gasteiger partial charge in [0, 0.05) is 35.7 Å². The zero-order valence-electron chi connectivity index (χ0n) is 12.6. The summed E-state index contributed by atoms with van der Waals surface area (Å²) in [5, 5.41) is 0.981. The molecule has 1 aromatic carbocycles. The van der Waals surface area contributed by atoms with E-state index in [1.807, 2.05) is 12.1 Å². The van der Waals surface area contributed by atoms with E-state index in [0.29, 0.717) is 0 Å². The highest BCUT2D eigenvalue weighted by molar-refractivity contribution is 7.09. The van der Waals surface area contributed by atoms with E-state index in [1.54, 1.807) is 0 Å². The van der Waals surface area contributed by atoms with Gasteiger partial charge >= 0.3 is 0 Å². The molecule has 0 radical (unpaired) electrons. The lowest BCUT2D eigenvalue weighted by molar-refractivity contribution is 0.554. The molecule has 108 valence electrons. The van der Waals surface area contributed by atoms with Crippen molar-refractivity contribution in [2.45, 2.75) is 39.7 Å². The molecule has 20 heavy (non-hydrogen) atoms. The Bertz CT molecular complexity index is 554. The summed E-state index contributed by atoms with van der Waals surface area (Å²) >= 11 is 1.47. The molecule has 1 heterocycles. The number of aromatic nitrogens is 2. The number of hydrogen-bond acceptors (Lipinski definition) is 5. The number of benzene rings is 1. The van der Waals surface area contributed by atoms with Crippen molar-refractivity contribution >= 4 is 22.4 Å². The molecule has 1 aromatic heterocycles. The van der Waals surface area contributed by atoms with Crippen molar-refractivity contribution in [3.63, 3.8) is 0 Å². The summed E-state index contributed by atoms with van der Waals surface area (Å²) in [6.45, 7) is 10.3. The fraction of sp³-hybridized carbons (Fsp3) is 0.467. The number of nitrogens with zero attached hydrogens (tertiary/aromatic N) is 3. The van der Waals surface area contributed by atoms with E-state index < -0.39 is 0 Å². The Hall–Kier alpha value is -1.62. The predicted molar refractivity (Wildman–Crippen MR) is 86.2 cm³/mol. The van der Waals surface area contributed by atoms with Gasteiger partial charge in [-0.1, -0.05) is 32.9 Å². The second-order valence-electron chi connectivity index (χ2n) is 5.91. The molecule has 2 N–H and O–H groups in total. The zero-order chi connectivity index (χ0) is 14.8. The molecule has 2 aromatic rings. The minimum absolute atomic E-state index is 0.00460. The summed E-state index contributed by atoms with van der Waals surface area (Å²) in [6, 6.07) is 7.99. The molecule has 0 fully saturated rings. The zero-order valence-corrected chi connectivity index (χ0v) is 13.4. The average Bonchev–Trinajstić information content (AvgIpc) is 2.87. The van der Waals surface area contributed by atoms with Crippen LogP contribution in [-0.2, 0) is 12.0 Å². The monoisotopic (exact) mass is 290 g/mol. The molecule has 0 aliphatic carbocycles. The first-order valence-electron chi connectivity index (χ1n) is 6.83. The normalized spacial score (nSPS) is 11.6. The van der Waals surface area contributed by atoms with Crippen molar-refractivity contribution in [3.05, 3.63) is 35.7 Å². The molecule has 0 aliphatic rings. The van der Waals surface area contributed by atoms with Crippen molar-refractivity contribution in [1.82, 2.24) is 9.36 Å². The molecule has 0 atom stereocenters. The quantitative estimate of drug-likeness (QED) is 0.876. The van der Waals surface area contributed by atoms with Gasteiger partial charge in [-0.2, -0.15) is 4.37 Å². The van der Waals surface area contributed by atoms with Gasteiger partial charge in [0.05, 0.1) is 0 Å². The Morgan fingerprint density at radius 2 is 1.85 bits per heavy atom. The maximum Gasteiger partial charge on any atom is 0.205 e. The third-order valence-corrected chi connectivity index (χ3v) is 3.87. The standard InChI is InChI=1S/C15H22N4S/c1-5-19(10-11-6-8-12(16)9-7-11)14-17-13(18-20-14)15(2,3)4/h6-9H,5,10,16H2,1-4H3. The number of hydrogen-bond donors (Lipinski definition) is 1. The van der Waals surface area contributed by atoms with Gasteiger partial charge in [0.25, 0.3) is 0 Å². The summed E-state index contributed by atoms with van der Waals surface area (Å²) in [4.78, 5) is 6.91. The van der Waals surface area contributed by atoms with Crippen LogP contribution in [-0.4, -0.2) is 15.9 Å². The second kappa shape index (κ2) is 5.79. The Kier molecular flexibility index (Phi) is 4.28. The minimum Gasteiger partial charge on any atom is -0.399 e. The SMILES string of the molecule is CCN(Cc1ccc(N)cc1)c1nc(C(C)(C)C)ns1. The Morgan fingerprint density at radius 3 is 2.35 bits per heavy atom. The molecule has 4 nitrogen and oxygen atoms in total. The van der Waals surface area contributed by atoms with E-state index in [2.05, 4.69) is 54.1 Å². The second-order valence-corrected chi connectivity index (χ2v) is 6.64. The molecule has 0 aliphatic heterocycles. The predicted octanol–water partition coefficient (Wildman–Crippen LogP) is 3.44. The third kappa shape index (κ3) is 3.48. The van der Waals surface area contributed by atoms with Crippen molar-refractivity contribution < 1.29 is 0 Å². The number of nitrogens with two attached hydrogens (primary N) is 1. The topological polar surface area (TPSA) is 55.0 Å².